The van der Waals surface area contributed by atoms with Crippen LogP contribution in [0.25, 0.3) is 0 Å². The topological polar surface area (TPSA) is 59.5 Å². The zero-order chi connectivity index (χ0) is 20.3. The predicted molar refractivity (Wildman–Crippen MR) is 106 cm³/mol. The average Bonchev–Trinajstić information content (AvgIpc) is 3.11. The molecule has 3 rings (SSSR count). The van der Waals surface area contributed by atoms with Crippen LogP contribution in [0.4, 0.5) is 15.2 Å². The zero-order valence-corrected chi connectivity index (χ0v) is 16.5. The van der Waals surface area contributed by atoms with Gasteiger partial charge < -0.3 is 4.74 Å². The van der Waals surface area contributed by atoms with Crippen molar-refractivity contribution >= 4 is 34.0 Å². The maximum Gasteiger partial charge on any atom is 0.341 e. The predicted octanol–water partition coefficient (Wildman–Crippen LogP) is 4.94. The molecule has 0 bridgehead atoms. The molecule has 0 N–H and O–H groups in total. The van der Waals surface area contributed by atoms with Crippen LogP contribution in [0.15, 0.2) is 47.8 Å². The number of halogens is 1. The van der Waals surface area contributed by atoms with Crippen LogP contribution in [-0.4, -0.2) is 16.9 Å². The Balaban J connectivity index is 1.76. The summed E-state index contributed by atoms with van der Waals surface area (Å²) in [7, 11) is 0. The number of thiazole rings is 1. The summed E-state index contributed by atoms with van der Waals surface area (Å²) >= 11 is 1.27. The number of rotatable bonds is 5. The molecular weight excluding hydrogens is 379 g/mol. The van der Waals surface area contributed by atoms with Gasteiger partial charge in [0, 0.05) is 12.3 Å². The first-order valence-corrected chi connectivity index (χ1v) is 9.49. The quantitative estimate of drug-likeness (QED) is 0.571. The molecule has 7 heteroatoms. The number of ether oxygens (including phenoxy) is 1. The summed E-state index contributed by atoms with van der Waals surface area (Å²) < 4.78 is 18.8. The van der Waals surface area contributed by atoms with Crippen molar-refractivity contribution in [1.29, 1.82) is 0 Å². The largest absolute Gasteiger partial charge is 0.455 e. The van der Waals surface area contributed by atoms with Gasteiger partial charge in [0.15, 0.2) is 5.13 Å². The molecule has 1 heterocycles. The molecule has 0 atom stereocenters. The summed E-state index contributed by atoms with van der Waals surface area (Å²) in [5, 5.41) is 2.19. The molecule has 0 radical (unpaired) electrons. The van der Waals surface area contributed by atoms with E-state index in [0.29, 0.717) is 10.8 Å². The van der Waals surface area contributed by atoms with Crippen LogP contribution in [0.1, 0.15) is 34.1 Å². The van der Waals surface area contributed by atoms with E-state index in [-0.39, 0.29) is 18.1 Å². The second kappa shape index (κ2) is 8.31. The van der Waals surface area contributed by atoms with Crippen LogP contribution in [0.2, 0.25) is 0 Å². The third-order valence-corrected chi connectivity index (χ3v) is 5.11. The minimum absolute atomic E-state index is 0.109. The number of aryl methyl sites for hydroxylation is 2. The molecule has 1 aromatic heterocycles. The Kier molecular flexibility index (Phi) is 5.84. The Bertz CT molecular complexity index is 1030. The lowest BCUT2D eigenvalue weighted by Gasteiger charge is -2.19. The van der Waals surface area contributed by atoms with Gasteiger partial charge >= 0.3 is 5.97 Å². The van der Waals surface area contributed by atoms with E-state index in [0.717, 1.165) is 16.8 Å². The molecule has 5 nitrogen and oxygen atoms in total. The Morgan fingerprint density at radius 3 is 2.57 bits per heavy atom. The van der Waals surface area contributed by atoms with Crippen LogP contribution in [0.3, 0.4) is 0 Å². The van der Waals surface area contributed by atoms with Gasteiger partial charge in [-0.15, -0.1) is 11.3 Å². The molecule has 3 aromatic rings. The lowest BCUT2D eigenvalue weighted by Crippen LogP contribution is -2.22. The molecule has 0 aliphatic heterocycles. The lowest BCUT2D eigenvalue weighted by molar-refractivity contribution is -0.115. The highest BCUT2D eigenvalue weighted by molar-refractivity contribution is 7.14. The molecule has 0 spiro atoms. The van der Waals surface area contributed by atoms with E-state index in [9.17, 15) is 14.0 Å². The summed E-state index contributed by atoms with van der Waals surface area (Å²) in [6.07, 6.45) is 0. The fourth-order valence-electron chi connectivity index (χ4n) is 2.60. The van der Waals surface area contributed by atoms with Crippen LogP contribution in [0.5, 0.6) is 0 Å². The fraction of sp³-hybridized carbons (Fsp3) is 0.190. The number of aromatic nitrogens is 1. The van der Waals surface area contributed by atoms with Gasteiger partial charge in [-0.2, -0.15) is 0 Å². The average molecular weight is 398 g/mol. The summed E-state index contributed by atoms with van der Waals surface area (Å²) in [5.74, 6) is -1.57. The van der Waals surface area contributed by atoms with Gasteiger partial charge in [0.05, 0.1) is 16.9 Å². The van der Waals surface area contributed by atoms with Gasteiger partial charge in [-0.1, -0.05) is 18.2 Å². The third-order valence-electron chi connectivity index (χ3n) is 4.24. The van der Waals surface area contributed by atoms with Crippen molar-refractivity contribution in [2.45, 2.75) is 27.4 Å². The van der Waals surface area contributed by atoms with Crippen LogP contribution in [0, 0.1) is 19.7 Å². The molecule has 0 aliphatic rings. The van der Waals surface area contributed by atoms with Crippen molar-refractivity contribution in [1.82, 2.24) is 4.98 Å². The highest BCUT2D eigenvalue weighted by Gasteiger charge is 2.19. The SMILES string of the molecule is CC(=O)N(c1ccc(C)c(C)c1)c1nc(COC(=O)c2ccccc2F)cs1. The summed E-state index contributed by atoms with van der Waals surface area (Å²) in [6.45, 7) is 5.34. The third kappa shape index (κ3) is 4.26. The van der Waals surface area contributed by atoms with Gasteiger partial charge in [-0.25, -0.2) is 14.2 Å². The first-order valence-electron chi connectivity index (χ1n) is 8.61. The van der Waals surface area contributed by atoms with E-state index in [1.807, 2.05) is 32.0 Å². The Labute approximate surface area is 166 Å². The number of benzene rings is 2. The van der Waals surface area contributed by atoms with Gasteiger partial charge in [0.2, 0.25) is 5.91 Å². The second-order valence-corrected chi connectivity index (χ2v) is 7.14. The molecule has 144 valence electrons. The van der Waals surface area contributed by atoms with Gasteiger partial charge in [0.25, 0.3) is 0 Å². The van der Waals surface area contributed by atoms with E-state index in [2.05, 4.69) is 4.98 Å². The van der Waals surface area contributed by atoms with Gasteiger partial charge in [-0.3, -0.25) is 9.69 Å². The molecule has 0 fully saturated rings. The van der Waals surface area contributed by atoms with E-state index in [4.69, 9.17) is 4.74 Å². The van der Waals surface area contributed by atoms with Gasteiger partial charge in [0.1, 0.15) is 12.4 Å². The molecule has 0 unspecified atom stereocenters. The second-order valence-electron chi connectivity index (χ2n) is 6.30. The number of hydrogen-bond acceptors (Lipinski definition) is 5. The number of nitrogens with zero attached hydrogens (tertiary/aromatic N) is 2. The lowest BCUT2D eigenvalue weighted by atomic mass is 10.1. The fourth-order valence-corrected chi connectivity index (χ4v) is 3.47. The Morgan fingerprint density at radius 2 is 1.89 bits per heavy atom. The smallest absolute Gasteiger partial charge is 0.341 e. The van der Waals surface area contributed by atoms with E-state index >= 15 is 0 Å². The summed E-state index contributed by atoms with van der Waals surface area (Å²) in [5.41, 5.74) is 3.28. The highest BCUT2D eigenvalue weighted by atomic mass is 32.1. The molecule has 0 saturated carbocycles. The molecule has 28 heavy (non-hydrogen) atoms. The minimum Gasteiger partial charge on any atom is -0.455 e. The van der Waals surface area contributed by atoms with E-state index < -0.39 is 11.8 Å². The monoisotopic (exact) mass is 398 g/mol. The van der Waals surface area contributed by atoms with Crippen molar-refractivity contribution in [3.05, 3.63) is 76.0 Å². The minimum atomic E-state index is -0.759. The van der Waals surface area contributed by atoms with Crippen molar-refractivity contribution in [2.24, 2.45) is 0 Å². The van der Waals surface area contributed by atoms with Crippen LogP contribution >= 0.6 is 11.3 Å². The highest BCUT2D eigenvalue weighted by Crippen LogP contribution is 2.30. The number of carbonyl (C=O) groups excluding carboxylic acids is 2. The summed E-state index contributed by atoms with van der Waals surface area (Å²) in [6, 6.07) is 11.4. The first-order chi connectivity index (χ1) is 13.4. The molecule has 0 aliphatic carbocycles. The van der Waals surface area contributed by atoms with Crippen molar-refractivity contribution < 1.29 is 18.7 Å². The number of anilines is 2. The normalized spacial score (nSPS) is 10.6. The van der Waals surface area contributed by atoms with Crippen molar-refractivity contribution in [3.8, 4) is 0 Å². The Hall–Kier alpha value is -3.06. The maximum atomic E-state index is 13.7. The van der Waals surface area contributed by atoms with Crippen LogP contribution in [-0.2, 0) is 16.1 Å². The number of carbonyl (C=O) groups is 2. The molecule has 1 amide bonds. The molecule has 2 aromatic carbocycles. The number of esters is 1. The standard InChI is InChI=1S/C21H19FN2O3S/c1-13-8-9-17(10-14(13)2)24(15(3)25)21-23-16(12-28-21)11-27-20(26)18-6-4-5-7-19(18)22/h4-10,12H,11H2,1-3H3. The van der Waals surface area contributed by atoms with Crippen molar-refractivity contribution in [2.75, 3.05) is 4.90 Å². The van der Waals surface area contributed by atoms with Crippen molar-refractivity contribution in [3.63, 3.8) is 0 Å². The van der Waals surface area contributed by atoms with E-state index in [1.54, 1.807) is 11.4 Å². The van der Waals surface area contributed by atoms with E-state index in [1.165, 1.54) is 41.4 Å². The Morgan fingerprint density at radius 1 is 1.14 bits per heavy atom. The summed E-state index contributed by atoms with van der Waals surface area (Å²) in [4.78, 5) is 30.1. The molecular formula is C21H19FN2O3S. The molecule has 0 saturated heterocycles. The maximum absolute atomic E-state index is 13.7. The zero-order valence-electron chi connectivity index (χ0n) is 15.7. The van der Waals surface area contributed by atoms with Crippen LogP contribution < -0.4 is 4.90 Å². The first kappa shape index (κ1) is 19.7. The number of amides is 1. The number of hydrogen-bond donors (Lipinski definition) is 0. The van der Waals surface area contributed by atoms with Gasteiger partial charge in [-0.05, 0) is 49.2 Å².